The van der Waals surface area contributed by atoms with Gasteiger partial charge in [-0.15, -0.1) is 0 Å². The van der Waals surface area contributed by atoms with Gasteiger partial charge in [-0.1, -0.05) is 12.1 Å². The van der Waals surface area contributed by atoms with Gasteiger partial charge in [-0.05, 0) is 35.9 Å². The van der Waals surface area contributed by atoms with Crippen LogP contribution in [0.4, 0.5) is 0 Å². The van der Waals surface area contributed by atoms with E-state index in [0.29, 0.717) is 0 Å². The van der Waals surface area contributed by atoms with Crippen LogP contribution >= 0.6 is 0 Å². The Bertz CT molecular complexity index is 884. The molecule has 2 N–H and O–H groups in total. The van der Waals surface area contributed by atoms with Gasteiger partial charge in [0.25, 0.3) is 0 Å². The quantitative estimate of drug-likeness (QED) is 0.619. The monoisotopic (exact) mass is 446 g/mol. The Morgan fingerprint density at radius 1 is 0.781 bits per heavy atom. The number of carboxylic acids is 2. The number of ether oxygens (including phenoxy) is 3. The van der Waals surface area contributed by atoms with E-state index < -0.39 is 11.9 Å². The molecule has 1 aliphatic heterocycles. The Labute approximate surface area is 187 Å². The van der Waals surface area contributed by atoms with Crippen molar-refractivity contribution in [2.75, 3.05) is 47.5 Å². The van der Waals surface area contributed by atoms with E-state index >= 15 is 0 Å². The number of nitrogens with zero attached hydrogens (tertiary/aromatic N) is 2. The van der Waals surface area contributed by atoms with Gasteiger partial charge in [0.2, 0.25) is 0 Å². The molecular formula is C23H30N2O7. The van der Waals surface area contributed by atoms with Crippen LogP contribution in [0.15, 0.2) is 42.5 Å². The molecule has 32 heavy (non-hydrogen) atoms. The molecular weight excluding hydrogens is 416 g/mol. The fraction of sp³-hybridized carbons (Fsp3) is 0.391. The molecule has 0 unspecified atom stereocenters. The van der Waals surface area contributed by atoms with E-state index in [1.54, 1.807) is 21.3 Å². The third-order valence-corrected chi connectivity index (χ3v) is 5.07. The molecule has 3 rings (SSSR count). The predicted octanol–water partition coefficient (Wildman–Crippen LogP) is 2.19. The minimum atomic E-state index is -1.82. The molecule has 0 atom stereocenters. The van der Waals surface area contributed by atoms with Crippen LogP contribution in [0.25, 0.3) is 0 Å². The molecule has 9 nitrogen and oxygen atoms in total. The molecule has 0 radical (unpaired) electrons. The second-order valence-electron chi connectivity index (χ2n) is 7.19. The van der Waals surface area contributed by atoms with Crippen molar-refractivity contribution in [3.63, 3.8) is 0 Å². The second-order valence-corrected chi connectivity index (χ2v) is 7.19. The molecule has 2 aromatic rings. The molecule has 1 fully saturated rings. The van der Waals surface area contributed by atoms with Crippen LogP contribution < -0.4 is 14.2 Å². The number of piperazine rings is 1. The van der Waals surface area contributed by atoms with Crippen molar-refractivity contribution in [2.24, 2.45) is 0 Å². The summed E-state index contributed by atoms with van der Waals surface area (Å²) in [5.74, 6) is -0.932. The van der Waals surface area contributed by atoms with Crippen molar-refractivity contribution < 1.29 is 34.0 Å². The SMILES string of the molecule is COc1cccc(CN2CCN(Cc3cc(OC)ccc3OC)CC2)c1.O=C(O)C(=O)O. The highest BCUT2D eigenvalue weighted by Gasteiger charge is 2.19. The summed E-state index contributed by atoms with van der Waals surface area (Å²) in [7, 11) is 5.13. The molecule has 1 saturated heterocycles. The standard InChI is InChI=1S/C21H28N2O3.C2H2O4/c1-24-19-6-4-5-17(13-19)15-22-9-11-23(12-10-22)16-18-14-20(25-2)7-8-21(18)26-3;3-1(4)2(5)6/h4-8,13-14H,9-12,15-16H2,1-3H3;(H,3,4)(H,5,6). The summed E-state index contributed by atoms with van der Waals surface area (Å²) < 4.78 is 16.2. The summed E-state index contributed by atoms with van der Waals surface area (Å²) in [5, 5.41) is 14.8. The normalized spacial score (nSPS) is 14.1. The van der Waals surface area contributed by atoms with E-state index in [1.807, 2.05) is 18.2 Å². The molecule has 9 heteroatoms. The average Bonchev–Trinajstić information content (AvgIpc) is 2.80. The predicted molar refractivity (Wildman–Crippen MR) is 118 cm³/mol. The minimum Gasteiger partial charge on any atom is -0.497 e. The lowest BCUT2D eigenvalue weighted by Gasteiger charge is -2.35. The van der Waals surface area contributed by atoms with Crippen molar-refractivity contribution in [2.45, 2.75) is 13.1 Å². The van der Waals surface area contributed by atoms with Gasteiger partial charge >= 0.3 is 11.9 Å². The highest BCUT2D eigenvalue weighted by atomic mass is 16.5. The number of carbonyl (C=O) groups is 2. The lowest BCUT2D eigenvalue weighted by molar-refractivity contribution is -0.159. The summed E-state index contributed by atoms with van der Waals surface area (Å²) in [6.07, 6.45) is 0. The van der Waals surface area contributed by atoms with E-state index in [4.69, 9.17) is 34.0 Å². The van der Waals surface area contributed by atoms with Gasteiger partial charge < -0.3 is 24.4 Å². The minimum absolute atomic E-state index is 0.873. The molecule has 0 amide bonds. The fourth-order valence-corrected chi connectivity index (χ4v) is 3.38. The highest BCUT2D eigenvalue weighted by Crippen LogP contribution is 2.26. The summed E-state index contributed by atoms with van der Waals surface area (Å²) in [6.45, 7) is 6.06. The highest BCUT2D eigenvalue weighted by molar-refractivity contribution is 6.27. The number of rotatable bonds is 7. The number of hydrogen-bond donors (Lipinski definition) is 2. The molecule has 0 bridgehead atoms. The summed E-state index contributed by atoms with van der Waals surface area (Å²) in [5.41, 5.74) is 2.47. The molecule has 0 saturated carbocycles. The maximum absolute atomic E-state index is 9.10. The van der Waals surface area contributed by atoms with E-state index in [0.717, 1.165) is 56.5 Å². The number of methoxy groups -OCH3 is 3. The zero-order valence-electron chi connectivity index (χ0n) is 18.6. The van der Waals surface area contributed by atoms with E-state index in [9.17, 15) is 0 Å². The maximum Gasteiger partial charge on any atom is 0.414 e. The van der Waals surface area contributed by atoms with E-state index in [1.165, 1.54) is 11.1 Å². The van der Waals surface area contributed by atoms with Crippen LogP contribution in [0, 0.1) is 0 Å². The van der Waals surface area contributed by atoms with Gasteiger partial charge in [0.05, 0.1) is 21.3 Å². The maximum atomic E-state index is 9.10. The Morgan fingerprint density at radius 2 is 1.34 bits per heavy atom. The zero-order valence-corrected chi connectivity index (χ0v) is 18.6. The number of aliphatic carboxylic acids is 2. The molecule has 1 heterocycles. The van der Waals surface area contributed by atoms with Crippen molar-refractivity contribution in [1.29, 1.82) is 0 Å². The Balaban J connectivity index is 0.000000534. The van der Waals surface area contributed by atoms with Gasteiger partial charge in [0.15, 0.2) is 0 Å². The summed E-state index contributed by atoms with van der Waals surface area (Å²) in [4.78, 5) is 23.2. The molecule has 174 valence electrons. The van der Waals surface area contributed by atoms with E-state index in [-0.39, 0.29) is 0 Å². The van der Waals surface area contributed by atoms with Crippen LogP contribution in [0.5, 0.6) is 17.2 Å². The van der Waals surface area contributed by atoms with Crippen LogP contribution in [0.1, 0.15) is 11.1 Å². The summed E-state index contributed by atoms with van der Waals surface area (Å²) in [6, 6.07) is 14.3. The Morgan fingerprint density at radius 3 is 1.88 bits per heavy atom. The third-order valence-electron chi connectivity index (χ3n) is 5.07. The number of carboxylic acid groups (broad SMARTS) is 2. The first-order valence-electron chi connectivity index (χ1n) is 10.1. The fourth-order valence-electron chi connectivity index (χ4n) is 3.38. The molecule has 1 aliphatic rings. The zero-order chi connectivity index (χ0) is 23.5. The van der Waals surface area contributed by atoms with E-state index in [2.05, 4.69) is 34.1 Å². The molecule has 0 spiro atoms. The van der Waals surface area contributed by atoms with Crippen LogP contribution in [-0.2, 0) is 22.7 Å². The van der Waals surface area contributed by atoms with Gasteiger partial charge in [0.1, 0.15) is 17.2 Å². The van der Waals surface area contributed by atoms with Gasteiger partial charge in [-0.25, -0.2) is 9.59 Å². The van der Waals surface area contributed by atoms with Crippen molar-refractivity contribution >= 4 is 11.9 Å². The first-order chi connectivity index (χ1) is 15.4. The lowest BCUT2D eigenvalue weighted by atomic mass is 10.1. The molecule has 2 aromatic carbocycles. The third kappa shape index (κ3) is 7.75. The van der Waals surface area contributed by atoms with Gasteiger partial charge in [-0.3, -0.25) is 9.80 Å². The van der Waals surface area contributed by atoms with Gasteiger partial charge in [-0.2, -0.15) is 0 Å². The van der Waals surface area contributed by atoms with Crippen LogP contribution in [0.2, 0.25) is 0 Å². The number of hydrogen-bond acceptors (Lipinski definition) is 7. The first-order valence-corrected chi connectivity index (χ1v) is 10.1. The topological polar surface area (TPSA) is 109 Å². The van der Waals surface area contributed by atoms with Crippen LogP contribution in [0.3, 0.4) is 0 Å². The Kier molecular flexibility index (Phi) is 9.77. The van der Waals surface area contributed by atoms with Crippen molar-refractivity contribution in [3.05, 3.63) is 53.6 Å². The smallest absolute Gasteiger partial charge is 0.414 e. The van der Waals surface area contributed by atoms with Gasteiger partial charge in [0, 0.05) is 44.8 Å². The Hall–Kier alpha value is -3.30. The second kappa shape index (κ2) is 12.5. The first kappa shape index (κ1) is 25.0. The average molecular weight is 447 g/mol. The summed E-state index contributed by atoms with van der Waals surface area (Å²) >= 11 is 0. The molecule has 0 aliphatic carbocycles. The van der Waals surface area contributed by atoms with Crippen molar-refractivity contribution in [3.8, 4) is 17.2 Å². The largest absolute Gasteiger partial charge is 0.497 e. The van der Waals surface area contributed by atoms with Crippen LogP contribution in [-0.4, -0.2) is 79.5 Å². The molecule has 0 aromatic heterocycles. The lowest BCUT2D eigenvalue weighted by Crippen LogP contribution is -2.45. The van der Waals surface area contributed by atoms with Crippen molar-refractivity contribution in [1.82, 2.24) is 9.80 Å². The number of benzene rings is 2.